The highest BCUT2D eigenvalue weighted by Gasteiger charge is 2.38. The van der Waals surface area contributed by atoms with Crippen LogP contribution in [-0.4, -0.2) is 25.8 Å². The fourth-order valence-corrected chi connectivity index (χ4v) is 5.08. The van der Waals surface area contributed by atoms with Crippen LogP contribution < -0.4 is 5.32 Å². The number of carbonyl (C=O) groups is 1. The molecular formula is C22H20N2O4S. The van der Waals surface area contributed by atoms with Crippen molar-refractivity contribution in [1.82, 2.24) is 4.31 Å². The lowest BCUT2D eigenvalue weighted by Crippen LogP contribution is -2.42. The van der Waals surface area contributed by atoms with Crippen molar-refractivity contribution in [2.75, 3.05) is 12.4 Å². The van der Waals surface area contributed by atoms with Gasteiger partial charge in [-0.2, -0.15) is 4.31 Å². The quantitative estimate of drug-likeness (QED) is 0.665. The standard InChI is InChI=1S/C22H20N2O4S/c1-28-22(25)18-13-11-17(12-14-18)21-23-19-9-5-6-10-20(19)29(26,27)24(21)15-16-7-3-2-4-8-16/h2-14,21,23H,15H2,1H3/t21-/m1/s1. The summed E-state index contributed by atoms with van der Waals surface area (Å²) in [6.07, 6.45) is -0.609. The minimum absolute atomic E-state index is 0.216. The Balaban J connectivity index is 1.78. The van der Waals surface area contributed by atoms with Gasteiger partial charge in [0, 0.05) is 6.54 Å². The molecule has 1 atom stereocenters. The first-order valence-corrected chi connectivity index (χ1v) is 10.5. The van der Waals surface area contributed by atoms with Gasteiger partial charge in [0.25, 0.3) is 0 Å². The molecule has 3 aromatic rings. The van der Waals surface area contributed by atoms with Crippen LogP contribution in [0, 0.1) is 0 Å². The second-order valence-electron chi connectivity index (χ2n) is 6.69. The first kappa shape index (κ1) is 19.2. The van der Waals surface area contributed by atoms with Gasteiger partial charge in [-0.3, -0.25) is 0 Å². The van der Waals surface area contributed by atoms with Crippen LogP contribution in [0.15, 0.2) is 83.8 Å². The highest BCUT2D eigenvalue weighted by molar-refractivity contribution is 7.89. The summed E-state index contributed by atoms with van der Waals surface area (Å²) in [4.78, 5) is 12.0. The molecule has 1 aliphatic heterocycles. The van der Waals surface area contributed by atoms with E-state index in [4.69, 9.17) is 4.74 Å². The molecule has 0 bridgehead atoms. The van der Waals surface area contributed by atoms with E-state index in [1.807, 2.05) is 30.3 Å². The molecule has 0 aliphatic carbocycles. The molecule has 29 heavy (non-hydrogen) atoms. The van der Waals surface area contributed by atoms with E-state index in [1.54, 1.807) is 48.5 Å². The molecule has 0 amide bonds. The Kier molecular flexibility index (Phi) is 5.08. The Labute approximate surface area is 169 Å². The molecule has 3 aromatic carbocycles. The van der Waals surface area contributed by atoms with E-state index in [0.717, 1.165) is 11.1 Å². The second kappa shape index (κ2) is 7.69. The molecule has 6 nitrogen and oxygen atoms in total. The molecule has 0 fully saturated rings. The number of benzene rings is 3. The molecule has 4 rings (SSSR count). The van der Waals surface area contributed by atoms with Crippen molar-refractivity contribution >= 4 is 21.7 Å². The topological polar surface area (TPSA) is 75.7 Å². The predicted octanol–water partition coefficient (Wildman–Crippen LogP) is 3.79. The number of nitrogens with one attached hydrogen (secondary N) is 1. The summed E-state index contributed by atoms with van der Waals surface area (Å²) < 4.78 is 33.0. The lowest BCUT2D eigenvalue weighted by atomic mass is 10.1. The molecule has 1 aliphatic rings. The van der Waals surface area contributed by atoms with Crippen LogP contribution in [0.2, 0.25) is 0 Å². The van der Waals surface area contributed by atoms with Gasteiger partial charge in [0.1, 0.15) is 11.1 Å². The van der Waals surface area contributed by atoms with Gasteiger partial charge >= 0.3 is 5.97 Å². The van der Waals surface area contributed by atoms with Crippen LogP contribution in [0.4, 0.5) is 5.69 Å². The van der Waals surface area contributed by atoms with Crippen LogP contribution in [-0.2, 0) is 21.3 Å². The monoisotopic (exact) mass is 408 g/mol. The lowest BCUT2D eigenvalue weighted by molar-refractivity contribution is 0.0600. The number of hydrogen-bond donors (Lipinski definition) is 1. The number of methoxy groups -OCH3 is 1. The van der Waals surface area contributed by atoms with Crippen LogP contribution in [0.3, 0.4) is 0 Å². The van der Waals surface area contributed by atoms with Gasteiger partial charge in [0.05, 0.1) is 18.4 Å². The van der Waals surface area contributed by atoms with Crippen molar-refractivity contribution in [2.24, 2.45) is 0 Å². The summed E-state index contributed by atoms with van der Waals surface area (Å²) in [7, 11) is -2.41. The zero-order valence-corrected chi connectivity index (χ0v) is 16.6. The van der Waals surface area contributed by atoms with E-state index in [9.17, 15) is 13.2 Å². The van der Waals surface area contributed by atoms with Gasteiger partial charge in [0.15, 0.2) is 0 Å². The van der Waals surface area contributed by atoms with E-state index in [1.165, 1.54) is 11.4 Å². The van der Waals surface area contributed by atoms with Crippen LogP contribution in [0.1, 0.15) is 27.7 Å². The minimum Gasteiger partial charge on any atom is -0.465 e. The average Bonchev–Trinajstić information content (AvgIpc) is 2.76. The van der Waals surface area contributed by atoms with Gasteiger partial charge in [0.2, 0.25) is 10.0 Å². The zero-order valence-electron chi connectivity index (χ0n) is 15.8. The number of rotatable bonds is 4. The highest BCUT2D eigenvalue weighted by atomic mass is 32.2. The number of esters is 1. The van der Waals surface area contributed by atoms with Crippen LogP contribution in [0.25, 0.3) is 0 Å². The molecule has 0 unspecified atom stereocenters. The van der Waals surface area contributed by atoms with Crippen molar-refractivity contribution in [3.63, 3.8) is 0 Å². The number of ether oxygens (including phenoxy) is 1. The number of para-hydroxylation sites is 1. The Morgan fingerprint density at radius 1 is 0.966 bits per heavy atom. The summed E-state index contributed by atoms with van der Waals surface area (Å²) in [5.74, 6) is -0.438. The van der Waals surface area contributed by atoms with Crippen molar-refractivity contribution in [3.05, 3.63) is 95.6 Å². The first-order valence-electron chi connectivity index (χ1n) is 9.10. The Hall–Kier alpha value is -3.16. The van der Waals surface area contributed by atoms with Crippen molar-refractivity contribution in [1.29, 1.82) is 0 Å². The van der Waals surface area contributed by atoms with Crippen molar-refractivity contribution in [3.8, 4) is 0 Å². The fourth-order valence-electron chi connectivity index (χ4n) is 3.40. The first-order chi connectivity index (χ1) is 14.0. The van der Waals surface area contributed by atoms with Gasteiger partial charge in [-0.1, -0.05) is 54.6 Å². The summed E-state index contributed by atoms with van der Waals surface area (Å²) in [5.41, 5.74) is 2.57. The number of carbonyl (C=O) groups excluding carboxylic acids is 1. The van der Waals surface area contributed by atoms with E-state index < -0.39 is 22.2 Å². The molecule has 0 saturated heterocycles. The number of fused-ring (bicyclic) bond motifs is 1. The van der Waals surface area contributed by atoms with E-state index in [-0.39, 0.29) is 11.4 Å². The largest absolute Gasteiger partial charge is 0.465 e. The lowest BCUT2D eigenvalue weighted by Gasteiger charge is -2.37. The van der Waals surface area contributed by atoms with Crippen molar-refractivity contribution < 1.29 is 17.9 Å². The SMILES string of the molecule is COC(=O)c1ccc([C@@H]2Nc3ccccc3S(=O)(=O)N2Cc2ccccc2)cc1. The third kappa shape index (κ3) is 3.62. The Bertz CT molecular complexity index is 1130. The summed E-state index contributed by atoms with van der Waals surface area (Å²) >= 11 is 0. The maximum absolute atomic E-state index is 13.4. The summed E-state index contributed by atoms with van der Waals surface area (Å²) in [5, 5.41) is 3.33. The summed E-state index contributed by atoms with van der Waals surface area (Å²) in [6.45, 7) is 0.216. The Morgan fingerprint density at radius 3 is 2.31 bits per heavy atom. The zero-order chi connectivity index (χ0) is 20.4. The van der Waals surface area contributed by atoms with E-state index in [2.05, 4.69) is 5.32 Å². The Morgan fingerprint density at radius 2 is 1.62 bits per heavy atom. The molecule has 1 heterocycles. The van der Waals surface area contributed by atoms with E-state index in [0.29, 0.717) is 11.3 Å². The average molecular weight is 408 g/mol. The number of hydrogen-bond acceptors (Lipinski definition) is 5. The third-order valence-corrected chi connectivity index (χ3v) is 6.75. The van der Waals surface area contributed by atoms with E-state index >= 15 is 0 Å². The normalized spacial score (nSPS) is 17.8. The molecule has 0 radical (unpaired) electrons. The predicted molar refractivity (Wildman–Crippen MR) is 110 cm³/mol. The van der Waals surface area contributed by atoms with Crippen molar-refractivity contribution in [2.45, 2.75) is 17.6 Å². The molecule has 0 saturated carbocycles. The van der Waals surface area contributed by atoms with Gasteiger partial charge in [-0.05, 0) is 35.4 Å². The highest BCUT2D eigenvalue weighted by Crippen LogP contribution is 2.39. The van der Waals surface area contributed by atoms with Crippen LogP contribution in [0.5, 0.6) is 0 Å². The van der Waals surface area contributed by atoms with Crippen LogP contribution >= 0.6 is 0 Å². The van der Waals surface area contributed by atoms with Gasteiger partial charge in [-0.15, -0.1) is 0 Å². The fraction of sp³-hybridized carbons (Fsp3) is 0.136. The molecule has 1 N–H and O–H groups in total. The van der Waals surface area contributed by atoms with Gasteiger partial charge in [-0.25, -0.2) is 13.2 Å². The molecule has 0 aromatic heterocycles. The maximum atomic E-state index is 13.4. The minimum atomic E-state index is -3.73. The number of sulfonamides is 1. The number of nitrogens with zero attached hydrogens (tertiary/aromatic N) is 1. The second-order valence-corrected chi connectivity index (χ2v) is 8.55. The number of anilines is 1. The molecule has 148 valence electrons. The maximum Gasteiger partial charge on any atom is 0.337 e. The van der Waals surface area contributed by atoms with Gasteiger partial charge < -0.3 is 10.1 Å². The summed E-state index contributed by atoms with van der Waals surface area (Å²) in [6, 6.07) is 23.1. The third-order valence-electron chi connectivity index (χ3n) is 4.88. The smallest absolute Gasteiger partial charge is 0.337 e. The molecular weight excluding hydrogens is 388 g/mol. The molecule has 0 spiro atoms. The molecule has 7 heteroatoms.